The fraction of sp³-hybridized carbons (Fsp3) is 0.143. The molecule has 1 saturated heterocycles. The Balaban J connectivity index is 1.71. The predicted molar refractivity (Wildman–Crippen MR) is 72.3 cm³/mol. The molecule has 1 heterocycles. The summed E-state index contributed by atoms with van der Waals surface area (Å²) in [5.74, 6) is 0. The molecule has 2 aromatic rings. The van der Waals surface area contributed by atoms with Crippen molar-refractivity contribution in [1.29, 1.82) is 0 Å². The highest BCUT2D eigenvalue weighted by atomic mass is 32.2. The number of rotatable bonds is 4. The Morgan fingerprint density at radius 3 is 2.16 bits per heavy atom. The predicted octanol–water partition coefficient (Wildman–Crippen LogP) is 2.24. The van der Waals surface area contributed by atoms with Crippen LogP contribution in [-0.4, -0.2) is 21.2 Å². The Morgan fingerprint density at radius 1 is 0.947 bits per heavy atom. The van der Waals surface area contributed by atoms with E-state index in [4.69, 9.17) is 4.18 Å². The first kappa shape index (κ1) is 12.2. The molecule has 0 radical (unpaired) electrons. The monoisotopic (exact) mass is 275 g/mol. The van der Waals surface area contributed by atoms with Gasteiger partial charge in [-0.05, 0) is 24.3 Å². The lowest BCUT2D eigenvalue weighted by molar-refractivity contribution is 0.309. The van der Waals surface area contributed by atoms with Crippen LogP contribution in [-0.2, 0) is 14.3 Å². The van der Waals surface area contributed by atoms with E-state index in [9.17, 15) is 8.42 Å². The Labute approximate surface area is 112 Å². The molecule has 19 heavy (non-hydrogen) atoms. The molecule has 1 aliphatic rings. The van der Waals surface area contributed by atoms with Crippen LogP contribution in [0.3, 0.4) is 0 Å². The van der Waals surface area contributed by atoms with Crippen LogP contribution in [0, 0.1) is 0 Å². The molecular weight excluding hydrogens is 262 g/mol. The van der Waals surface area contributed by atoms with Crippen molar-refractivity contribution >= 4 is 15.8 Å². The average Bonchev–Trinajstić information content (AvgIpc) is 3.19. The van der Waals surface area contributed by atoms with Crippen LogP contribution in [0.1, 0.15) is 0 Å². The third-order valence-electron chi connectivity index (χ3n) is 2.92. The van der Waals surface area contributed by atoms with E-state index in [0.717, 1.165) is 5.69 Å². The van der Waals surface area contributed by atoms with Crippen LogP contribution in [0.25, 0.3) is 0 Å². The Morgan fingerprint density at radius 2 is 1.53 bits per heavy atom. The summed E-state index contributed by atoms with van der Waals surface area (Å²) in [6.45, 7) is 0.593. The average molecular weight is 275 g/mol. The number of anilines is 1. The molecule has 0 amide bonds. The maximum Gasteiger partial charge on any atom is 0.299 e. The quantitative estimate of drug-likeness (QED) is 0.634. The van der Waals surface area contributed by atoms with E-state index >= 15 is 0 Å². The van der Waals surface area contributed by atoms with Gasteiger partial charge in [0.25, 0.3) is 10.1 Å². The maximum absolute atomic E-state index is 12.0. The van der Waals surface area contributed by atoms with Gasteiger partial charge in [0.2, 0.25) is 0 Å². The first-order valence-electron chi connectivity index (χ1n) is 5.97. The first-order chi connectivity index (χ1) is 9.17. The van der Waals surface area contributed by atoms with Crippen molar-refractivity contribution in [3.63, 3.8) is 0 Å². The summed E-state index contributed by atoms with van der Waals surface area (Å²) in [6, 6.07) is 17.8. The van der Waals surface area contributed by atoms with Crippen molar-refractivity contribution in [3.8, 4) is 0 Å². The largest absolute Gasteiger partial charge is 0.339 e. The molecule has 1 unspecified atom stereocenters. The molecule has 0 bridgehead atoms. The lowest BCUT2D eigenvalue weighted by atomic mass is 10.3. The van der Waals surface area contributed by atoms with E-state index in [1.165, 1.54) is 12.1 Å². The molecule has 0 aliphatic carbocycles. The van der Waals surface area contributed by atoms with Gasteiger partial charge in [-0.15, -0.1) is 0 Å². The lowest BCUT2D eigenvalue weighted by Crippen LogP contribution is -2.12. The standard InChI is InChI=1S/C14H13NO3S/c16-19(17,13-9-5-2-6-10-13)18-14-11-15(14)12-7-3-1-4-8-12/h1-10,14H,11H2. The van der Waals surface area contributed by atoms with Gasteiger partial charge in [0.05, 0.1) is 11.4 Å². The molecule has 3 rings (SSSR count). The van der Waals surface area contributed by atoms with Gasteiger partial charge in [-0.2, -0.15) is 8.42 Å². The van der Waals surface area contributed by atoms with E-state index in [1.54, 1.807) is 18.2 Å². The van der Waals surface area contributed by atoms with Gasteiger partial charge >= 0.3 is 0 Å². The zero-order valence-electron chi connectivity index (χ0n) is 10.1. The van der Waals surface area contributed by atoms with Gasteiger partial charge in [0, 0.05) is 5.69 Å². The summed E-state index contributed by atoms with van der Waals surface area (Å²) in [6.07, 6.45) is -0.396. The van der Waals surface area contributed by atoms with Gasteiger partial charge in [-0.25, -0.2) is 4.18 Å². The molecule has 1 aliphatic heterocycles. The number of hydrogen-bond acceptors (Lipinski definition) is 4. The van der Waals surface area contributed by atoms with Crippen molar-refractivity contribution in [2.45, 2.75) is 11.1 Å². The van der Waals surface area contributed by atoms with Crippen molar-refractivity contribution in [2.24, 2.45) is 0 Å². The minimum absolute atomic E-state index is 0.190. The molecule has 1 atom stereocenters. The van der Waals surface area contributed by atoms with Gasteiger partial charge in [-0.1, -0.05) is 36.4 Å². The van der Waals surface area contributed by atoms with Crippen LogP contribution >= 0.6 is 0 Å². The number of hydrogen-bond donors (Lipinski definition) is 0. The number of para-hydroxylation sites is 1. The van der Waals surface area contributed by atoms with E-state index < -0.39 is 16.3 Å². The minimum atomic E-state index is -3.68. The SMILES string of the molecule is O=S(=O)(OC1CN1c1ccccc1)c1ccccc1. The second-order valence-corrected chi connectivity index (χ2v) is 5.88. The van der Waals surface area contributed by atoms with Crippen LogP contribution < -0.4 is 4.90 Å². The van der Waals surface area contributed by atoms with Crippen LogP contribution in [0.5, 0.6) is 0 Å². The smallest absolute Gasteiger partial charge is 0.299 e. The van der Waals surface area contributed by atoms with E-state index in [-0.39, 0.29) is 4.90 Å². The fourth-order valence-electron chi connectivity index (χ4n) is 1.88. The van der Waals surface area contributed by atoms with Crippen molar-refractivity contribution in [3.05, 3.63) is 60.7 Å². The van der Waals surface area contributed by atoms with Crippen molar-refractivity contribution < 1.29 is 12.6 Å². The third kappa shape index (κ3) is 2.62. The topological polar surface area (TPSA) is 46.4 Å². The second kappa shape index (κ2) is 4.68. The molecule has 0 aromatic heterocycles. The highest BCUT2D eigenvalue weighted by Crippen LogP contribution is 2.30. The summed E-state index contributed by atoms with van der Waals surface area (Å²) in [5.41, 5.74) is 0.968. The van der Waals surface area contributed by atoms with Crippen molar-refractivity contribution in [1.82, 2.24) is 0 Å². The Kier molecular flexibility index (Phi) is 3.00. The Hall–Kier alpha value is -1.85. The molecule has 2 aromatic carbocycles. The van der Waals surface area contributed by atoms with Gasteiger partial charge < -0.3 is 4.90 Å². The summed E-state index contributed by atoms with van der Waals surface area (Å²) in [5, 5.41) is 0. The molecular formula is C14H13NO3S. The third-order valence-corrected chi connectivity index (χ3v) is 4.25. The molecule has 98 valence electrons. The molecule has 5 heteroatoms. The molecule has 0 N–H and O–H groups in total. The second-order valence-electron chi connectivity index (χ2n) is 4.31. The zero-order valence-corrected chi connectivity index (χ0v) is 11.0. The lowest BCUT2D eigenvalue weighted by Gasteiger charge is -2.07. The van der Waals surface area contributed by atoms with E-state index in [0.29, 0.717) is 6.54 Å². The summed E-state index contributed by atoms with van der Waals surface area (Å²) in [7, 11) is -3.68. The van der Waals surface area contributed by atoms with Gasteiger partial charge in [0.1, 0.15) is 0 Å². The van der Waals surface area contributed by atoms with E-state index in [2.05, 4.69) is 0 Å². The minimum Gasteiger partial charge on any atom is -0.339 e. The first-order valence-corrected chi connectivity index (χ1v) is 7.38. The fourth-order valence-corrected chi connectivity index (χ4v) is 2.94. The summed E-state index contributed by atoms with van der Waals surface area (Å²) in [4.78, 5) is 2.08. The highest BCUT2D eigenvalue weighted by Gasteiger charge is 2.39. The number of nitrogens with zero attached hydrogens (tertiary/aromatic N) is 1. The maximum atomic E-state index is 12.0. The zero-order chi connectivity index (χ0) is 13.3. The van der Waals surface area contributed by atoms with Crippen LogP contribution in [0.15, 0.2) is 65.6 Å². The molecule has 0 saturated carbocycles. The normalized spacial score (nSPS) is 18.3. The number of benzene rings is 2. The van der Waals surface area contributed by atoms with E-state index in [1.807, 2.05) is 35.2 Å². The Bertz CT molecular complexity index is 656. The van der Waals surface area contributed by atoms with Crippen molar-refractivity contribution in [2.75, 3.05) is 11.4 Å². The summed E-state index contributed by atoms with van der Waals surface area (Å²) >= 11 is 0. The molecule has 4 nitrogen and oxygen atoms in total. The van der Waals surface area contributed by atoms with Crippen LogP contribution in [0.2, 0.25) is 0 Å². The highest BCUT2D eigenvalue weighted by molar-refractivity contribution is 7.86. The summed E-state index contributed by atoms with van der Waals surface area (Å²) < 4.78 is 29.2. The van der Waals surface area contributed by atoms with Gasteiger partial charge in [0.15, 0.2) is 6.23 Å². The van der Waals surface area contributed by atoms with Crippen LogP contribution in [0.4, 0.5) is 5.69 Å². The molecule has 1 fully saturated rings. The molecule has 0 spiro atoms. The van der Waals surface area contributed by atoms with Gasteiger partial charge in [-0.3, -0.25) is 0 Å².